The number of carbonyl (C=O) groups excluding carboxylic acids is 1. The van der Waals surface area contributed by atoms with Crippen LogP contribution in [0.3, 0.4) is 0 Å². The van der Waals surface area contributed by atoms with Crippen LogP contribution in [0.15, 0.2) is 0 Å². The molecule has 0 aromatic rings. The number of nitrogens with zero attached hydrogens (tertiary/aromatic N) is 1. The van der Waals surface area contributed by atoms with E-state index in [4.69, 9.17) is 0 Å². The van der Waals surface area contributed by atoms with Gasteiger partial charge in [0.15, 0.2) is 0 Å². The SMILES string of the molecule is CCCCCCCCCCCCCCCCCCCCC(=O)N(C)CCCS(=O)(=O)[O-].[K+]. The Labute approximate surface area is 242 Å². The van der Waals surface area contributed by atoms with Gasteiger partial charge in [-0.05, 0) is 12.8 Å². The third kappa shape index (κ3) is 27.3. The molecule has 0 atom stereocenters. The van der Waals surface area contributed by atoms with Gasteiger partial charge in [-0.2, -0.15) is 0 Å². The van der Waals surface area contributed by atoms with Crippen LogP contribution in [0, 0.1) is 0 Å². The molecule has 0 heterocycles. The van der Waals surface area contributed by atoms with Crippen LogP contribution in [-0.4, -0.2) is 43.1 Å². The zero-order valence-electron chi connectivity index (χ0n) is 21.5. The second kappa shape index (κ2) is 25.1. The number of unbranched alkanes of at least 4 members (excludes halogenated alkanes) is 17. The van der Waals surface area contributed by atoms with Gasteiger partial charge in [0.05, 0.1) is 10.1 Å². The third-order valence-corrected chi connectivity index (χ3v) is 6.85. The number of hydrogen-bond donors (Lipinski definition) is 0. The van der Waals surface area contributed by atoms with E-state index in [1.54, 1.807) is 11.9 Å². The van der Waals surface area contributed by atoms with Gasteiger partial charge in [0.25, 0.3) is 0 Å². The van der Waals surface area contributed by atoms with E-state index in [1.165, 1.54) is 103 Å². The zero-order valence-corrected chi connectivity index (χ0v) is 25.5. The van der Waals surface area contributed by atoms with Crippen molar-refractivity contribution in [2.75, 3.05) is 19.3 Å². The Balaban J connectivity index is 0. The standard InChI is InChI=1S/C25H51NO4S.K/c1-3-4-5-6-7-8-9-10-11-12-13-14-15-16-17-18-19-20-22-25(27)26(2)23-21-24-31(28,29)30;/h3-24H2,1-2H3,(H,28,29,30);/q;+1/p-1. The first-order valence-corrected chi connectivity index (χ1v) is 14.6. The Morgan fingerprint density at radius 1 is 0.656 bits per heavy atom. The predicted octanol–water partition coefficient (Wildman–Crippen LogP) is 3.82. The van der Waals surface area contributed by atoms with Crippen molar-refractivity contribution in [3.8, 4) is 0 Å². The maximum Gasteiger partial charge on any atom is 1.00 e. The smallest absolute Gasteiger partial charge is 0.748 e. The summed E-state index contributed by atoms with van der Waals surface area (Å²) in [4.78, 5) is 13.5. The van der Waals surface area contributed by atoms with Crippen LogP contribution < -0.4 is 51.4 Å². The van der Waals surface area contributed by atoms with Crippen molar-refractivity contribution in [1.82, 2.24) is 4.90 Å². The minimum absolute atomic E-state index is 0. The molecule has 0 spiro atoms. The Kier molecular flexibility index (Phi) is 27.6. The van der Waals surface area contributed by atoms with Crippen LogP contribution >= 0.6 is 0 Å². The quantitative estimate of drug-likeness (QED) is 0.122. The Morgan fingerprint density at radius 3 is 1.34 bits per heavy atom. The topological polar surface area (TPSA) is 77.5 Å². The minimum Gasteiger partial charge on any atom is -0.748 e. The Hall–Kier alpha value is 1.02. The van der Waals surface area contributed by atoms with Gasteiger partial charge in [0.1, 0.15) is 0 Å². The molecule has 186 valence electrons. The van der Waals surface area contributed by atoms with Crippen molar-refractivity contribution in [3.63, 3.8) is 0 Å². The van der Waals surface area contributed by atoms with E-state index in [0.717, 1.165) is 12.8 Å². The van der Waals surface area contributed by atoms with Gasteiger partial charge in [-0.15, -0.1) is 0 Å². The van der Waals surface area contributed by atoms with Crippen molar-refractivity contribution in [3.05, 3.63) is 0 Å². The average Bonchev–Trinajstić information content (AvgIpc) is 2.71. The van der Waals surface area contributed by atoms with Crippen LogP contribution in [0.4, 0.5) is 0 Å². The Morgan fingerprint density at radius 2 is 1.00 bits per heavy atom. The summed E-state index contributed by atoms with van der Waals surface area (Å²) in [5, 5.41) is 0. The second-order valence-electron chi connectivity index (χ2n) is 9.19. The van der Waals surface area contributed by atoms with Crippen LogP contribution in [0.5, 0.6) is 0 Å². The first-order valence-electron chi connectivity index (χ1n) is 13.0. The van der Waals surface area contributed by atoms with Crippen molar-refractivity contribution in [2.45, 2.75) is 135 Å². The summed E-state index contributed by atoms with van der Waals surface area (Å²) < 4.78 is 31.7. The van der Waals surface area contributed by atoms with E-state index in [9.17, 15) is 17.8 Å². The van der Waals surface area contributed by atoms with Gasteiger partial charge < -0.3 is 9.45 Å². The number of rotatable bonds is 23. The molecule has 0 aliphatic carbocycles. The molecular weight excluding hydrogens is 449 g/mol. The Bertz CT molecular complexity index is 514. The monoisotopic (exact) mass is 499 g/mol. The molecule has 0 fully saturated rings. The molecule has 32 heavy (non-hydrogen) atoms. The fourth-order valence-corrected chi connectivity index (χ4v) is 4.45. The molecule has 0 rings (SSSR count). The van der Waals surface area contributed by atoms with Crippen LogP contribution in [0.2, 0.25) is 0 Å². The molecule has 0 aromatic heterocycles. The molecule has 1 amide bonds. The molecule has 0 saturated carbocycles. The van der Waals surface area contributed by atoms with E-state index >= 15 is 0 Å². The largest absolute Gasteiger partial charge is 1.00 e. The molecule has 0 unspecified atom stereocenters. The maximum absolute atomic E-state index is 12.0. The minimum atomic E-state index is -4.18. The first-order chi connectivity index (χ1) is 14.9. The average molecular weight is 500 g/mol. The number of hydrogen-bond acceptors (Lipinski definition) is 4. The summed E-state index contributed by atoms with van der Waals surface area (Å²) in [5.74, 6) is -0.358. The molecule has 7 heteroatoms. The van der Waals surface area contributed by atoms with E-state index in [2.05, 4.69) is 6.92 Å². The zero-order chi connectivity index (χ0) is 23.2. The number of amides is 1. The van der Waals surface area contributed by atoms with Gasteiger partial charge in [-0.3, -0.25) is 4.79 Å². The molecule has 5 nitrogen and oxygen atoms in total. The molecule has 0 aliphatic rings. The summed E-state index contributed by atoms with van der Waals surface area (Å²) >= 11 is 0. The van der Waals surface area contributed by atoms with Gasteiger partial charge in [0, 0.05) is 25.8 Å². The maximum atomic E-state index is 12.0. The summed E-state index contributed by atoms with van der Waals surface area (Å²) in [6.45, 7) is 2.60. The van der Waals surface area contributed by atoms with E-state index in [0.29, 0.717) is 13.0 Å². The summed E-state index contributed by atoms with van der Waals surface area (Å²) in [6.07, 6.45) is 24.6. The van der Waals surface area contributed by atoms with Crippen molar-refractivity contribution in [1.29, 1.82) is 0 Å². The van der Waals surface area contributed by atoms with Crippen molar-refractivity contribution < 1.29 is 69.1 Å². The summed E-state index contributed by atoms with van der Waals surface area (Å²) in [5.41, 5.74) is 0. The molecule has 0 aromatic carbocycles. The van der Waals surface area contributed by atoms with Gasteiger partial charge in [-0.1, -0.05) is 116 Å². The molecule has 0 N–H and O–H groups in total. The van der Waals surface area contributed by atoms with Crippen molar-refractivity contribution in [2.24, 2.45) is 0 Å². The number of carbonyl (C=O) groups is 1. The van der Waals surface area contributed by atoms with E-state index in [-0.39, 0.29) is 63.7 Å². The predicted molar refractivity (Wildman–Crippen MR) is 130 cm³/mol. The fraction of sp³-hybridized carbons (Fsp3) is 0.960. The molecular formula is C25H50KNO4S. The van der Waals surface area contributed by atoms with E-state index < -0.39 is 15.9 Å². The first kappa shape index (κ1) is 35.2. The van der Waals surface area contributed by atoms with Gasteiger partial charge in [-0.25, -0.2) is 8.42 Å². The summed E-state index contributed by atoms with van der Waals surface area (Å²) in [7, 11) is -2.50. The summed E-state index contributed by atoms with van der Waals surface area (Å²) in [6, 6.07) is 0. The van der Waals surface area contributed by atoms with Gasteiger partial charge in [0.2, 0.25) is 5.91 Å². The van der Waals surface area contributed by atoms with E-state index in [1.807, 2.05) is 0 Å². The molecule has 0 saturated heterocycles. The van der Waals surface area contributed by atoms with Crippen LogP contribution in [-0.2, 0) is 14.9 Å². The van der Waals surface area contributed by atoms with Gasteiger partial charge >= 0.3 is 51.4 Å². The normalized spacial score (nSPS) is 11.3. The molecule has 0 bridgehead atoms. The van der Waals surface area contributed by atoms with Crippen molar-refractivity contribution >= 4 is 16.0 Å². The van der Waals surface area contributed by atoms with Crippen LogP contribution in [0.1, 0.15) is 135 Å². The fourth-order valence-electron chi connectivity index (χ4n) is 3.97. The second-order valence-corrected chi connectivity index (χ2v) is 10.7. The van der Waals surface area contributed by atoms with Crippen LogP contribution in [0.25, 0.3) is 0 Å². The third-order valence-electron chi connectivity index (χ3n) is 6.06. The molecule has 0 aliphatic heterocycles. The molecule has 0 radical (unpaired) electrons.